The average Bonchev–Trinajstić information content (AvgIpc) is 2.95. The number of piperidine rings is 1. The number of amides is 2. The third-order valence-electron chi connectivity index (χ3n) is 6.91. The van der Waals surface area contributed by atoms with Crippen molar-refractivity contribution in [2.75, 3.05) is 51.3 Å². The normalized spacial score (nSPS) is 17.1. The van der Waals surface area contributed by atoms with Gasteiger partial charge in [0.05, 0.1) is 24.3 Å². The van der Waals surface area contributed by atoms with Crippen LogP contribution in [0.3, 0.4) is 0 Å². The lowest BCUT2D eigenvalue weighted by atomic mass is 9.99. The first-order valence-corrected chi connectivity index (χ1v) is 14.0. The summed E-state index contributed by atoms with van der Waals surface area (Å²) < 4.78 is 90.3. The Morgan fingerprint density at radius 1 is 0.952 bits per heavy atom. The van der Waals surface area contributed by atoms with Crippen molar-refractivity contribution < 1.29 is 45.8 Å². The molecule has 0 atom stereocenters. The molecule has 7 nitrogen and oxygen atoms in total. The molecule has 2 aromatic rings. The fourth-order valence-electron chi connectivity index (χ4n) is 4.85. The van der Waals surface area contributed by atoms with Gasteiger partial charge < -0.3 is 25.0 Å². The Labute approximate surface area is 242 Å². The number of benzene rings is 2. The summed E-state index contributed by atoms with van der Waals surface area (Å²) in [6.45, 7) is 1.28. The monoisotopic (exact) mass is 617 g/mol. The van der Waals surface area contributed by atoms with Crippen molar-refractivity contribution in [3.8, 4) is 0 Å². The molecule has 0 radical (unpaired) electrons. The van der Waals surface area contributed by atoms with Crippen LogP contribution in [0.25, 0.3) is 6.08 Å². The minimum Gasteiger partial charge on any atom is -0.387 e. The number of nitrogens with one attached hydrogen (secondary N) is 1. The fraction of sp³-hybridized carbons (Fsp3) is 0.429. The summed E-state index contributed by atoms with van der Waals surface area (Å²) in [6.07, 6.45) is -7.89. The molecule has 0 unspecified atom stereocenters. The van der Waals surface area contributed by atoms with E-state index >= 15 is 0 Å². The lowest BCUT2D eigenvalue weighted by molar-refractivity contribution is -0.163. The van der Waals surface area contributed by atoms with Gasteiger partial charge in [-0.1, -0.05) is 23.9 Å². The first-order chi connectivity index (χ1) is 19.9. The molecule has 2 aromatic carbocycles. The molecule has 2 amide bonds. The van der Waals surface area contributed by atoms with Crippen LogP contribution < -0.4 is 5.32 Å². The molecule has 0 spiro atoms. The average molecular weight is 618 g/mol. The molecule has 2 aliphatic rings. The number of morpholine rings is 1. The molecule has 2 fully saturated rings. The number of hydrogen-bond donors (Lipinski definition) is 2. The van der Waals surface area contributed by atoms with E-state index in [1.165, 1.54) is 11.0 Å². The highest BCUT2D eigenvalue weighted by atomic mass is 32.2. The van der Waals surface area contributed by atoms with Gasteiger partial charge in [0.25, 0.3) is 0 Å². The van der Waals surface area contributed by atoms with Gasteiger partial charge in [0.2, 0.25) is 11.8 Å². The Hall–Kier alpha value is -3.23. The van der Waals surface area contributed by atoms with Crippen molar-refractivity contribution in [1.29, 1.82) is 0 Å². The zero-order valence-corrected chi connectivity index (χ0v) is 23.1. The van der Waals surface area contributed by atoms with Gasteiger partial charge in [-0.15, -0.1) is 0 Å². The highest BCUT2D eigenvalue weighted by Gasteiger charge is 2.46. The SMILES string of the molecule is O=C(C=Cc1ccc(Sc2cccc(NC3CCN(C(=O)CO)CC3)c2)c(C(F)(F)F)c1C(F)(F)F)N1CCOCC1. The van der Waals surface area contributed by atoms with Crippen molar-refractivity contribution in [3.63, 3.8) is 0 Å². The van der Waals surface area contributed by atoms with Crippen molar-refractivity contribution in [1.82, 2.24) is 9.80 Å². The molecular weight excluding hydrogens is 588 g/mol. The summed E-state index contributed by atoms with van der Waals surface area (Å²) in [5.74, 6) is -0.982. The van der Waals surface area contributed by atoms with Gasteiger partial charge in [-0.3, -0.25) is 9.59 Å². The van der Waals surface area contributed by atoms with Crippen LogP contribution in [0.4, 0.5) is 32.0 Å². The first kappa shape index (κ1) is 31.7. The van der Waals surface area contributed by atoms with Crippen molar-refractivity contribution in [2.45, 2.75) is 41.0 Å². The molecule has 2 N–H and O–H groups in total. The van der Waals surface area contributed by atoms with Crippen LogP contribution in [0.1, 0.15) is 29.5 Å². The maximum atomic E-state index is 14.2. The maximum Gasteiger partial charge on any atom is 0.418 e. The van der Waals surface area contributed by atoms with Gasteiger partial charge in [0.15, 0.2) is 0 Å². The van der Waals surface area contributed by atoms with E-state index in [1.54, 1.807) is 23.1 Å². The van der Waals surface area contributed by atoms with Crippen LogP contribution in [0.5, 0.6) is 0 Å². The molecule has 2 heterocycles. The smallest absolute Gasteiger partial charge is 0.387 e. The van der Waals surface area contributed by atoms with Gasteiger partial charge in [-0.25, -0.2) is 0 Å². The van der Waals surface area contributed by atoms with E-state index in [1.807, 2.05) is 0 Å². The zero-order chi connectivity index (χ0) is 30.5. The van der Waals surface area contributed by atoms with E-state index in [2.05, 4.69) is 5.32 Å². The molecule has 0 bridgehead atoms. The second-order valence-corrected chi connectivity index (χ2v) is 10.9. The summed E-state index contributed by atoms with van der Waals surface area (Å²) >= 11 is 0.557. The van der Waals surface area contributed by atoms with E-state index in [9.17, 15) is 35.9 Å². The number of carbonyl (C=O) groups is 2. The first-order valence-electron chi connectivity index (χ1n) is 13.2. The third kappa shape index (κ3) is 7.98. The highest BCUT2D eigenvalue weighted by molar-refractivity contribution is 7.99. The van der Waals surface area contributed by atoms with E-state index in [0.717, 1.165) is 24.3 Å². The predicted molar refractivity (Wildman–Crippen MR) is 144 cm³/mol. The van der Waals surface area contributed by atoms with Crippen molar-refractivity contribution >= 4 is 35.3 Å². The predicted octanol–water partition coefficient (Wildman–Crippen LogP) is 5.14. The Morgan fingerprint density at radius 3 is 2.24 bits per heavy atom. The Kier molecular flexibility index (Phi) is 10.1. The number of carbonyl (C=O) groups excluding carboxylic acids is 2. The van der Waals surface area contributed by atoms with Crippen LogP contribution in [0.15, 0.2) is 52.3 Å². The Morgan fingerprint density at radius 2 is 1.62 bits per heavy atom. The summed E-state index contributed by atoms with van der Waals surface area (Å²) in [6, 6.07) is 8.21. The summed E-state index contributed by atoms with van der Waals surface area (Å²) in [5.41, 5.74) is -3.87. The van der Waals surface area contributed by atoms with Crippen LogP contribution in [0, 0.1) is 0 Å². The van der Waals surface area contributed by atoms with Crippen molar-refractivity contribution in [3.05, 3.63) is 59.2 Å². The van der Waals surface area contributed by atoms with Gasteiger partial charge in [0.1, 0.15) is 6.61 Å². The molecule has 2 saturated heterocycles. The van der Waals surface area contributed by atoms with Gasteiger partial charge in [-0.05, 0) is 48.7 Å². The molecule has 0 aromatic heterocycles. The lowest BCUT2D eigenvalue weighted by Gasteiger charge is -2.32. The minimum absolute atomic E-state index is 0.0400. The number of hydrogen-bond acceptors (Lipinski definition) is 6. The molecule has 4 rings (SSSR count). The third-order valence-corrected chi connectivity index (χ3v) is 7.96. The van der Waals surface area contributed by atoms with Crippen LogP contribution >= 0.6 is 11.8 Å². The minimum atomic E-state index is -5.35. The maximum absolute atomic E-state index is 14.2. The molecule has 14 heteroatoms. The number of alkyl halides is 6. The molecular formula is C28H29F6N3O4S. The van der Waals surface area contributed by atoms with Crippen molar-refractivity contribution in [2.24, 2.45) is 0 Å². The number of halogens is 6. The van der Waals surface area contributed by atoms with Gasteiger partial charge in [-0.2, -0.15) is 26.3 Å². The second kappa shape index (κ2) is 13.4. The van der Waals surface area contributed by atoms with E-state index in [0.29, 0.717) is 43.4 Å². The Bertz CT molecular complexity index is 1300. The topological polar surface area (TPSA) is 82.1 Å². The van der Waals surface area contributed by atoms with E-state index in [4.69, 9.17) is 9.84 Å². The zero-order valence-electron chi connectivity index (χ0n) is 22.3. The number of rotatable bonds is 7. The van der Waals surface area contributed by atoms with Crippen LogP contribution in [-0.4, -0.2) is 78.8 Å². The van der Waals surface area contributed by atoms with Crippen LogP contribution in [0.2, 0.25) is 0 Å². The van der Waals surface area contributed by atoms with E-state index in [-0.39, 0.29) is 43.1 Å². The van der Waals surface area contributed by atoms with Crippen LogP contribution in [-0.2, 0) is 26.7 Å². The summed E-state index contributed by atoms with van der Waals surface area (Å²) in [5, 5.41) is 12.3. The molecule has 0 saturated carbocycles. The quantitative estimate of drug-likeness (QED) is 0.331. The molecule has 228 valence electrons. The van der Waals surface area contributed by atoms with E-state index < -0.39 is 46.5 Å². The summed E-state index contributed by atoms with van der Waals surface area (Å²) in [4.78, 5) is 26.6. The Balaban J connectivity index is 1.58. The summed E-state index contributed by atoms with van der Waals surface area (Å²) in [7, 11) is 0. The number of likely N-dealkylation sites (tertiary alicyclic amines) is 1. The van der Waals surface area contributed by atoms with Gasteiger partial charge in [0, 0.05) is 53.8 Å². The number of anilines is 1. The number of ether oxygens (including phenoxy) is 1. The molecule has 42 heavy (non-hydrogen) atoms. The standard InChI is InChI=1S/C28H29F6N3O4S/c29-27(30,31)25-18(5-7-23(39)37-12-14-41-15-13-37)4-6-22(26(25)28(32,33)34)42-21-3-1-2-20(16-21)35-19-8-10-36(11-9-19)24(40)17-38/h1-7,16,19,35,38H,8-15,17H2. The lowest BCUT2D eigenvalue weighted by Crippen LogP contribution is -2.43. The number of aliphatic hydroxyl groups is 1. The van der Waals surface area contributed by atoms with Gasteiger partial charge >= 0.3 is 12.4 Å². The fourth-order valence-corrected chi connectivity index (χ4v) is 5.89. The second-order valence-electron chi connectivity index (χ2n) is 9.76. The highest BCUT2D eigenvalue weighted by Crippen LogP contribution is 2.48. The molecule has 2 aliphatic heterocycles. The number of aliphatic hydroxyl groups excluding tert-OH is 1. The largest absolute Gasteiger partial charge is 0.418 e. The molecule has 0 aliphatic carbocycles. The number of nitrogens with zero attached hydrogens (tertiary/aromatic N) is 2.